The number of nitrogens with two attached hydrogens (primary N) is 1. The predicted octanol–water partition coefficient (Wildman–Crippen LogP) is 2.56. The fraction of sp³-hybridized carbons (Fsp3) is 0.158. The Hall–Kier alpha value is -3.46. The number of nitrogens with zero attached hydrogens (tertiary/aromatic N) is 5. The molecule has 0 bridgehead atoms. The molecule has 1 aliphatic rings. The van der Waals surface area contributed by atoms with Gasteiger partial charge in [0.25, 0.3) is 0 Å². The van der Waals surface area contributed by atoms with Gasteiger partial charge in [-0.3, -0.25) is 4.98 Å². The zero-order valence-corrected chi connectivity index (χ0v) is 13.6. The summed E-state index contributed by atoms with van der Waals surface area (Å²) in [5.74, 6) is 0.843. The van der Waals surface area contributed by atoms with Gasteiger partial charge in [0, 0.05) is 37.0 Å². The summed E-state index contributed by atoms with van der Waals surface area (Å²) in [7, 11) is 0. The molecular weight excluding hydrogens is 312 g/mol. The van der Waals surface area contributed by atoms with Gasteiger partial charge in [-0.2, -0.15) is 5.26 Å². The number of rotatable bonds is 2. The SMILES string of the molecule is N#Cc1nc(N2CCc3ncccc3C2)c(-c2ccccc2)nc1N. The van der Waals surface area contributed by atoms with Gasteiger partial charge < -0.3 is 10.6 Å². The standard InChI is InChI=1S/C19H16N6/c20-11-16-18(21)24-17(13-5-2-1-3-6-13)19(23-16)25-10-8-15-14(12-25)7-4-9-22-15/h1-7,9H,8,10,12H2,(H2,21,24). The number of aromatic nitrogens is 3. The molecule has 0 amide bonds. The van der Waals surface area contributed by atoms with Crippen LogP contribution in [0.25, 0.3) is 11.3 Å². The molecule has 6 nitrogen and oxygen atoms in total. The van der Waals surface area contributed by atoms with Crippen molar-refractivity contribution in [3.63, 3.8) is 0 Å². The molecule has 2 aromatic heterocycles. The van der Waals surface area contributed by atoms with E-state index in [4.69, 9.17) is 5.73 Å². The summed E-state index contributed by atoms with van der Waals surface area (Å²) in [6.45, 7) is 1.46. The number of anilines is 2. The Morgan fingerprint density at radius 2 is 1.92 bits per heavy atom. The first-order valence-corrected chi connectivity index (χ1v) is 8.07. The van der Waals surface area contributed by atoms with Crippen LogP contribution in [-0.2, 0) is 13.0 Å². The van der Waals surface area contributed by atoms with E-state index in [0.29, 0.717) is 18.1 Å². The second-order valence-electron chi connectivity index (χ2n) is 5.89. The Balaban J connectivity index is 1.82. The van der Waals surface area contributed by atoms with Crippen molar-refractivity contribution in [3.8, 4) is 17.3 Å². The molecule has 1 aliphatic heterocycles. The fourth-order valence-electron chi connectivity index (χ4n) is 3.08. The van der Waals surface area contributed by atoms with Gasteiger partial charge in [0.15, 0.2) is 17.3 Å². The average Bonchev–Trinajstić information content (AvgIpc) is 2.68. The Morgan fingerprint density at radius 3 is 2.72 bits per heavy atom. The molecule has 0 spiro atoms. The van der Waals surface area contributed by atoms with Crippen LogP contribution in [0.15, 0.2) is 48.7 Å². The van der Waals surface area contributed by atoms with Crippen LogP contribution in [0.5, 0.6) is 0 Å². The second-order valence-corrected chi connectivity index (χ2v) is 5.89. The molecule has 6 heteroatoms. The van der Waals surface area contributed by atoms with Gasteiger partial charge in [0.1, 0.15) is 11.8 Å². The van der Waals surface area contributed by atoms with Crippen molar-refractivity contribution in [2.45, 2.75) is 13.0 Å². The molecule has 1 aromatic carbocycles. The van der Waals surface area contributed by atoms with E-state index in [9.17, 15) is 5.26 Å². The predicted molar refractivity (Wildman–Crippen MR) is 95.6 cm³/mol. The Labute approximate surface area is 145 Å². The number of benzene rings is 1. The van der Waals surface area contributed by atoms with Crippen LogP contribution in [0.1, 0.15) is 17.0 Å². The minimum absolute atomic E-state index is 0.157. The van der Waals surface area contributed by atoms with Gasteiger partial charge in [-0.1, -0.05) is 36.4 Å². The van der Waals surface area contributed by atoms with Gasteiger partial charge in [0.05, 0.1) is 0 Å². The minimum atomic E-state index is 0.157. The first-order chi connectivity index (χ1) is 12.3. The summed E-state index contributed by atoms with van der Waals surface area (Å²) in [5.41, 5.74) is 9.99. The largest absolute Gasteiger partial charge is 0.381 e. The lowest BCUT2D eigenvalue weighted by atomic mass is 10.0. The minimum Gasteiger partial charge on any atom is -0.381 e. The molecule has 0 saturated carbocycles. The third kappa shape index (κ3) is 2.76. The van der Waals surface area contributed by atoms with E-state index in [1.165, 1.54) is 5.56 Å². The molecule has 3 heterocycles. The van der Waals surface area contributed by atoms with E-state index in [1.807, 2.05) is 48.7 Å². The zero-order valence-electron chi connectivity index (χ0n) is 13.6. The monoisotopic (exact) mass is 328 g/mol. The van der Waals surface area contributed by atoms with E-state index in [-0.39, 0.29) is 11.5 Å². The van der Waals surface area contributed by atoms with Crippen LogP contribution in [-0.4, -0.2) is 21.5 Å². The van der Waals surface area contributed by atoms with Crippen molar-refractivity contribution in [1.82, 2.24) is 15.0 Å². The van der Waals surface area contributed by atoms with Gasteiger partial charge in [-0.15, -0.1) is 0 Å². The average molecular weight is 328 g/mol. The first-order valence-electron chi connectivity index (χ1n) is 8.07. The highest BCUT2D eigenvalue weighted by Gasteiger charge is 2.23. The van der Waals surface area contributed by atoms with Crippen molar-refractivity contribution in [3.05, 3.63) is 65.6 Å². The highest BCUT2D eigenvalue weighted by molar-refractivity contribution is 5.75. The number of nitriles is 1. The third-order valence-corrected chi connectivity index (χ3v) is 4.32. The van der Waals surface area contributed by atoms with Crippen LogP contribution in [0, 0.1) is 11.3 Å². The van der Waals surface area contributed by atoms with Crippen LogP contribution in [0.2, 0.25) is 0 Å². The highest BCUT2D eigenvalue weighted by Crippen LogP contribution is 2.32. The fourth-order valence-corrected chi connectivity index (χ4v) is 3.08. The molecule has 0 fully saturated rings. The van der Waals surface area contributed by atoms with Gasteiger partial charge in [-0.25, -0.2) is 9.97 Å². The van der Waals surface area contributed by atoms with Crippen molar-refractivity contribution in [2.75, 3.05) is 17.2 Å². The van der Waals surface area contributed by atoms with E-state index in [0.717, 1.165) is 24.2 Å². The van der Waals surface area contributed by atoms with Crippen molar-refractivity contribution >= 4 is 11.6 Å². The topological polar surface area (TPSA) is 91.7 Å². The number of hydrogen-bond donors (Lipinski definition) is 1. The maximum atomic E-state index is 9.30. The summed E-state index contributed by atoms with van der Waals surface area (Å²) >= 11 is 0. The summed E-state index contributed by atoms with van der Waals surface area (Å²) < 4.78 is 0. The quantitative estimate of drug-likeness (QED) is 0.777. The van der Waals surface area contributed by atoms with E-state index in [1.54, 1.807) is 0 Å². The molecule has 0 saturated heterocycles. The van der Waals surface area contributed by atoms with Crippen molar-refractivity contribution in [2.24, 2.45) is 0 Å². The normalized spacial score (nSPS) is 13.2. The number of pyridine rings is 1. The van der Waals surface area contributed by atoms with Crippen LogP contribution < -0.4 is 10.6 Å². The first kappa shape index (κ1) is 15.1. The molecule has 0 aliphatic carbocycles. The Morgan fingerprint density at radius 1 is 1.08 bits per heavy atom. The van der Waals surface area contributed by atoms with Crippen molar-refractivity contribution < 1.29 is 0 Å². The molecule has 4 rings (SSSR count). The summed E-state index contributed by atoms with van der Waals surface area (Å²) in [6, 6.07) is 15.8. The number of fused-ring (bicyclic) bond motifs is 1. The highest BCUT2D eigenvalue weighted by atomic mass is 15.2. The van der Waals surface area contributed by atoms with Gasteiger partial charge >= 0.3 is 0 Å². The van der Waals surface area contributed by atoms with Crippen molar-refractivity contribution in [1.29, 1.82) is 5.26 Å². The maximum Gasteiger partial charge on any atom is 0.184 e. The Kier molecular flexibility index (Phi) is 3.75. The second kappa shape index (κ2) is 6.21. The summed E-state index contributed by atoms with van der Waals surface area (Å²) in [4.78, 5) is 15.6. The zero-order chi connectivity index (χ0) is 17.2. The van der Waals surface area contributed by atoms with E-state index >= 15 is 0 Å². The summed E-state index contributed by atoms with van der Waals surface area (Å²) in [5, 5.41) is 9.30. The lowest BCUT2D eigenvalue weighted by molar-refractivity contribution is 0.701. The van der Waals surface area contributed by atoms with Crippen LogP contribution in [0.4, 0.5) is 11.6 Å². The summed E-state index contributed by atoms with van der Waals surface area (Å²) in [6.07, 6.45) is 2.65. The van der Waals surface area contributed by atoms with Crippen LogP contribution >= 0.6 is 0 Å². The smallest absolute Gasteiger partial charge is 0.184 e. The van der Waals surface area contributed by atoms with E-state index < -0.39 is 0 Å². The van der Waals surface area contributed by atoms with Gasteiger partial charge in [0.2, 0.25) is 0 Å². The molecule has 0 radical (unpaired) electrons. The molecule has 0 unspecified atom stereocenters. The van der Waals surface area contributed by atoms with Crippen LogP contribution in [0.3, 0.4) is 0 Å². The lowest BCUT2D eigenvalue weighted by Gasteiger charge is -2.30. The molecule has 122 valence electrons. The number of hydrogen-bond acceptors (Lipinski definition) is 6. The molecular formula is C19H16N6. The molecule has 25 heavy (non-hydrogen) atoms. The molecule has 3 aromatic rings. The van der Waals surface area contributed by atoms with Gasteiger partial charge in [-0.05, 0) is 11.6 Å². The molecule has 0 atom stereocenters. The lowest BCUT2D eigenvalue weighted by Crippen LogP contribution is -2.32. The number of nitrogen functional groups attached to an aromatic ring is 1. The van der Waals surface area contributed by atoms with E-state index in [2.05, 4.69) is 25.9 Å². The molecule has 2 N–H and O–H groups in total. The maximum absolute atomic E-state index is 9.30. The third-order valence-electron chi connectivity index (χ3n) is 4.32. The Bertz CT molecular complexity index is 961.